The van der Waals surface area contributed by atoms with Gasteiger partial charge in [-0.15, -0.1) is 0 Å². The molecule has 0 bridgehead atoms. The van der Waals surface area contributed by atoms with E-state index in [2.05, 4.69) is 0 Å². The normalized spacial score (nSPS) is 20.0. The Morgan fingerprint density at radius 1 is 1.29 bits per heavy atom. The van der Waals surface area contributed by atoms with Gasteiger partial charge < -0.3 is 4.74 Å². The van der Waals surface area contributed by atoms with Gasteiger partial charge in [-0.2, -0.15) is 0 Å². The van der Waals surface area contributed by atoms with Crippen molar-refractivity contribution in [1.82, 2.24) is 0 Å². The highest BCUT2D eigenvalue weighted by molar-refractivity contribution is 5.92. The summed E-state index contributed by atoms with van der Waals surface area (Å²) in [5.41, 5.74) is 0. The fourth-order valence-corrected chi connectivity index (χ4v) is 1.47. The maximum absolute atomic E-state index is 10.9. The number of ketones is 1. The van der Waals surface area contributed by atoms with Crippen molar-refractivity contribution in [2.75, 3.05) is 6.61 Å². The van der Waals surface area contributed by atoms with Crippen LogP contribution in [0.4, 0.5) is 0 Å². The summed E-state index contributed by atoms with van der Waals surface area (Å²) >= 11 is 0. The van der Waals surface area contributed by atoms with Crippen molar-refractivity contribution < 1.29 is 9.53 Å². The zero-order valence-electron chi connectivity index (χ0n) is 7.85. The van der Waals surface area contributed by atoms with Crippen LogP contribution >= 0.6 is 0 Å². The molecule has 2 heteroatoms. The zero-order valence-corrected chi connectivity index (χ0v) is 7.85. The van der Waals surface area contributed by atoms with Crippen LogP contribution in [0.1, 0.15) is 6.42 Å². The summed E-state index contributed by atoms with van der Waals surface area (Å²) in [6, 6.07) is 9.66. The Bertz CT molecular complexity index is 341. The largest absolute Gasteiger partial charge is 0.493 e. The molecule has 72 valence electrons. The molecule has 1 aromatic rings. The lowest BCUT2D eigenvalue weighted by Gasteiger charge is -2.09. The molecule has 1 aliphatic carbocycles. The average molecular weight is 188 g/mol. The molecule has 1 atom stereocenters. The number of allylic oxidation sites excluding steroid dienone is 1. The third kappa shape index (κ3) is 2.22. The zero-order chi connectivity index (χ0) is 9.80. The average Bonchev–Trinajstić information content (AvgIpc) is 2.63. The molecule has 0 aliphatic heterocycles. The minimum absolute atomic E-state index is 0.201. The Morgan fingerprint density at radius 3 is 2.71 bits per heavy atom. The van der Waals surface area contributed by atoms with Gasteiger partial charge in [0.2, 0.25) is 0 Å². The molecule has 0 aromatic heterocycles. The van der Waals surface area contributed by atoms with E-state index in [0.717, 1.165) is 5.75 Å². The van der Waals surface area contributed by atoms with E-state index in [1.807, 2.05) is 36.4 Å². The van der Waals surface area contributed by atoms with Crippen LogP contribution in [0.5, 0.6) is 5.75 Å². The second-order valence-electron chi connectivity index (χ2n) is 3.41. The van der Waals surface area contributed by atoms with Crippen LogP contribution < -0.4 is 4.74 Å². The first-order chi connectivity index (χ1) is 6.84. The van der Waals surface area contributed by atoms with Gasteiger partial charge in [-0.1, -0.05) is 24.3 Å². The highest BCUT2D eigenvalue weighted by Crippen LogP contribution is 2.16. The Labute approximate surface area is 83.2 Å². The monoisotopic (exact) mass is 188 g/mol. The van der Waals surface area contributed by atoms with Gasteiger partial charge in [-0.25, -0.2) is 0 Å². The lowest BCUT2D eigenvalue weighted by Crippen LogP contribution is -2.08. The van der Waals surface area contributed by atoms with Gasteiger partial charge >= 0.3 is 0 Å². The van der Waals surface area contributed by atoms with Crippen molar-refractivity contribution in [2.24, 2.45) is 5.92 Å². The van der Waals surface area contributed by atoms with Gasteiger partial charge in [-0.3, -0.25) is 4.79 Å². The molecular weight excluding hydrogens is 176 g/mol. The van der Waals surface area contributed by atoms with E-state index < -0.39 is 0 Å². The van der Waals surface area contributed by atoms with Crippen molar-refractivity contribution in [3.05, 3.63) is 42.5 Å². The molecule has 0 saturated carbocycles. The van der Waals surface area contributed by atoms with Crippen LogP contribution in [0.3, 0.4) is 0 Å². The Balaban J connectivity index is 1.84. The Hall–Kier alpha value is -1.57. The van der Waals surface area contributed by atoms with E-state index in [0.29, 0.717) is 13.0 Å². The summed E-state index contributed by atoms with van der Waals surface area (Å²) in [5.74, 6) is 1.31. The standard InChI is InChI=1S/C12H12O2/c13-11-7-6-10(8-11)9-14-12-4-2-1-3-5-12/h1-7,10H,8-9H2/t10-/m0/s1. The number of carbonyl (C=O) groups excluding carboxylic acids is 1. The molecule has 2 nitrogen and oxygen atoms in total. The van der Waals surface area contributed by atoms with E-state index in [4.69, 9.17) is 4.74 Å². The predicted molar refractivity (Wildman–Crippen MR) is 54.2 cm³/mol. The molecule has 0 radical (unpaired) electrons. The summed E-state index contributed by atoms with van der Waals surface area (Å²) in [7, 11) is 0. The van der Waals surface area contributed by atoms with Crippen molar-refractivity contribution in [3.8, 4) is 5.75 Å². The maximum atomic E-state index is 10.9. The number of ether oxygens (including phenoxy) is 1. The molecule has 0 saturated heterocycles. The predicted octanol–water partition coefficient (Wildman–Crippen LogP) is 2.21. The van der Waals surface area contributed by atoms with Crippen LogP contribution in [0.2, 0.25) is 0 Å². The first-order valence-electron chi connectivity index (χ1n) is 4.73. The highest BCUT2D eigenvalue weighted by Gasteiger charge is 2.15. The molecule has 0 N–H and O–H groups in total. The first-order valence-corrected chi connectivity index (χ1v) is 4.73. The van der Waals surface area contributed by atoms with E-state index in [-0.39, 0.29) is 11.7 Å². The molecular formula is C12H12O2. The van der Waals surface area contributed by atoms with E-state index in [1.54, 1.807) is 6.08 Å². The first kappa shape index (κ1) is 9.00. The van der Waals surface area contributed by atoms with Gasteiger partial charge in [0.15, 0.2) is 5.78 Å². The minimum atomic E-state index is 0.201. The SMILES string of the molecule is O=C1C=C[C@H](COc2ccccc2)C1. The summed E-state index contributed by atoms with van der Waals surface area (Å²) in [5, 5.41) is 0. The quantitative estimate of drug-likeness (QED) is 0.727. The van der Waals surface area contributed by atoms with Crippen LogP contribution in [-0.4, -0.2) is 12.4 Å². The second-order valence-corrected chi connectivity index (χ2v) is 3.41. The van der Waals surface area contributed by atoms with Crippen molar-refractivity contribution in [1.29, 1.82) is 0 Å². The number of benzene rings is 1. The topological polar surface area (TPSA) is 26.3 Å². The lowest BCUT2D eigenvalue weighted by atomic mass is 10.1. The van der Waals surface area contributed by atoms with Crippen LogP contribution in [-0.2, 0) is 4.79 Å². The minimum Gasteiger partial charge on any atom is -0.493 e. The number of para-hydroxylation sites is 1. The molecule has 14 heavy (non-hydrogen) atoms. The number of rotatable bonds is 3. The molecule has 0 amide bonds. The van der Waals surface area contributed by atoms with Gasteiger partial charge in [0.05, 0.1) is 6.61 Å². The van der Waals surface area contributed by atoms with Gasteiger partial charge in [0.25, 0.3) is 0 Å². The summed E-state index contributed by atoms with van der Waals surface area (Å²) in [6.45, 7) is 0.590. The molecule has 0 fully saturated rings. The number of hydrogen-bond acceptors (Lipinski definition) is 2. The Kier molecular flexibility index (Phi) is 2.63. The molecule has 1 aliphatic rings. The number of hydrogen-bond donors (Lipinski definition) is 0. The van der Waals surface area contributed by atoms with E-state index >= 15 is 0 Å². The van der Waals surface area contributed by atoms with Crippen LogP contribution in [0.15, 0.2) is 42.5 Å². The van der Waals surface area contributed by atoms with Gasteiger partial charge in [-0.05, 0) is 18.2 Å². The van der Waals surface area contributed by atoms with Gasteiger partial charge in [0.1, 0.15) is 5.75 Å². The number of carbonyl (C=O) groups is 1. The lowest BCUT2D eigenvalue weighted by molar-refractivity contribution is -0.114. The third-order valence-electron chi connectivity index (χ3n) is 2.22. The molecule has 1 aromatic carbocycles. The molecule has 0 spiro atoms. The highest BCUT2D eigenvalue weighted by atomic mass is 16.5. The van der Waals surface area contributed by atoms with Crippen LogP contribution in [0.25, 0.3) is 0 Å². The van der Waals surface area contributed by atoms with Gasteiger partial charge in [0, 0.05) is 12.3 Å². The Morgan fingerprint density at radius 2 is 2.07 bits per heavy atom. The molecule has 0 heterocycles. The second kappa shape index (κ2) is 4.09. The van der Waals surface area contributed by atoms with Crippen LogP contribution in [0, 0.1) is 5.92 Å². The fourth-order valence-electron chi connectivity index (χ4n) is 1.47. The van der Waals surface area contributed by atoms with E-state index in [1.165, 1.54) is 0 Å². The van der Waals surface area contributed by atoms with Crippen molar-refractivity contribution in [2.45, 2.75) is 6.42 Å². The smallest absolute Gasteiger partial charge is 0.156 e. The summed E-state index contributed by atoms with van der Waals surface area (Å²) in [6.07, 6.45) is 4.15. The maximum Gasteiger partial charge on any atom is 0.156 e. The molecule has 0 unspecified atom stereocenters. The summed E-state index contributed by atoms with van der Waals surface area (Å²) in [4.78, 5) is 10.9. The van der Waals surface area contributed by atoms with Crippen molar-refractivity contribution >= 4 is 5.78 Å². The third-order valence-corrected chi connectivity index (χ3v) is 2.22. The molecule has 2 rings (SSSR count). The fraction of sp³-hybridized carbons (Fsp3) is 0.250. The summed E-state index contributed by atoms with van der Waals surface area (Å²) < 4.78 is 5.53. The van der Waals surface area contributed by atoms with Crippen molar-refractivity contribution in [3.63, 3.8) is 0 Å². The van der Waals surface area contributed by atoms with E-state index in [9.17, 15) is 4.79 Å².